The molecule has 182 valence electrons. The van der Waals surface area contributed by atoms with Gasteiger partial charge in [-0.2, -0.15) is 0 Å². The van der Waals surface area contributed by atoms with Crippen LogP contribution in [0, 0.1) is 5.41 Å². The topological polar surface area (TPSA) is 56.1 Å². The smallest absolute Gasteiger partial charge is 0.225 e. The second-order valence-corrected chi connectivity index (χ2v) is 9.79. The van der Waals surface area contributed by atoms with Crippen LogP contribution in [0.1, 0.15) is 57.8 Å². The Labute approximate surface area is 204 Å². The van der Waals surface area contributed by atoms with Crippen molar-refractivity contribution in [2.75, 3.05) is 13.2 Å². The van der Waals surface area contributed by atoms with E-state index in [9.17, 15) is 4.79 Å². The molecule has 0 saturated heterocycles. The molecular formula is C29H39N3O2. The molecule has 5 heteroatoms. The van der Waals surface area contributed by atoms with Crippen molar-refractivity contribution in [3.8, 4) is 5.75 Å². The first kappa shape index (κ1) is 25.5. The van der Waals surface area contributed by atoms with Crippen LogP contribution in [0.25, 0.3) is 11.0 Å². The standard InChI is InChI=1S/C29H39N3O2/c1-5-14-23-15-8-11-18-26(23)34-22-13-21-32-25-17-10-9-16-24(25)31-27(32)19-7-6-12-20-30-28(33)29(2,3)4/h5,8-11,15-18H,1,6-7,12-14,19-22H2,2-4H3,(H,30,33). The van der Waals surface area contributed by atoms with E-state index < -0.39 is 0 Å². The number of imidazole rings is 1. The highest BCUT2D eigenvalue weighted by Crippen LogP contribution is 2.21. The molecule has 1 aromatic heterocycles. The van der Waals surface area contributed by atoms with Gasteiger partial charge in [-0.15, -0.1) is 6.58 Å². The summed E-state index contributed by atoms with van der Waals surface area (Å²) < 4.78 is 8.44. The first-order valence-corrected chi connectivity index (χ1v) is 12.4. The van der Waals surface area contributed by atoms with Crippen molar-refractivity contribution < 1.29 is 9.53 Å². The molecular weight excluding hydrogens is 422 g/mol. The Kier molecular flexibility index (Phi) is 9.32. The van der Waals surface area contributed by atoms with Crippen LogP contribution in [0.5, 0.6) is 5.75 Å². The molecule has 1 amide bonds. The zero-order chi connectivity index (χ0) is 24.4. The number of para-hydroxylation sites is 3. The Hall–Kier alpha value is -3.08. The van der Waals surface area contributed by atoms with Crippen molar-refractivity contribution >= 4 is 16.9 Å². The number of fused-ring (bicyclic) bond motifs is 1. The average Bonchev–Trinajstić information content (AvgIpc) is 3.16. The van der Waals surface area contributed by atoms with Crippen molar-refractivity contribution in [1.29, 1.82) is 0 Å². The zero-order valence-corrected chi connectivity index (χ0v) is 21.0. The maximum absolute atomic E-state index is 12.0. The second kappa shape index (κ2) is 12.4. The van der Waals surface area contributed by atoms with Gasteiger partial charge in [-0.3, -0.25) is 4.79 Å². The molecule has 0 atom stereocenters. The lowest BCUT2D eigenvalue weighted by atomic mass is 9.96. The monoisotopic (exact) mass is 461 g/mol. The number of unbranched alkanes of at least 4 members (excludes halogenated alkanes) is 2. The van der Waals surface area contributed by atoms with Gasteiger partial charge in [-0.25, -0.2) is 4.98 Å². The third kappa shape index (κ3) is 7.21. The summed E-state index contributed by atoms with van der Waals surface area (Å²) in [6.07, 6.45) is 7.67. The predicted octanol–water partition coefficient (Wildman–Crippen LogP) is 6.11. The van der Waals surface area contributed by atoms with E-state index in [4.69, 9.17) is 9.72 Å². The number of benzene rings is 2. The predicted molar refractivity (Wildman–Crippen MR) is 140 cm³/mol. The van der Waals surface area contributed by atoms with Crippen LogP contribution < -0.4 is 10.1 Å². The molecule has 2 aromatic carbocycles. The molecule has 0 aliphatic heterocycles. The molecule has 3 aromatic rings. The van der Waals surface area contributed by atoms with E-state index in [1.807, 2.05) is 51.1 Å². The molecule has 0 bridgehead atoms. The lowest BCUT2D eigenvalue weighted by molar-refractivity contribution is -0.128. The molecule has 0 aliphatic rings. The Morgan fingerprint density at radius 3 is 2.62 bits per heavy atom. The van der Waals surface area contributed by atoms with Gasteiger partial charge in [0.25, 0.3) is 0 Å². The maximum Gasteiger partial charge on any atom is 0.225 e. The number of aromatic nitrogens is 2. The number of allylic oxidation sites excluding steroid dienone is 1. The Morgan fingerprint density at radius 1 is 1.06 bits per heavy atom. The molecule has 5 nitrogen and oxygen atoms in total. The largest absolute Gasteiger partial charge is 0.493 e. The van der Waals surface area contributed by atoms with Crippen LogP contribution in [0.3, 0.4) is 0 Å². The SMILES string of the molecule is C=CCc1ccccc1OCCCn1c(CCCCCNC(=O)C(C)(C)C)nc2ccccc21. The summed E-state index contributed by atoms with van der Waals surface area (Å²) in [7, 11) is 0. The number of carbonyl (C=O) groups excluding carboxylic acids is 1. The second-order valence-electron chi connectivity index (χ2n) is 9.79. The molecule has 0 spiro atoms. The molecule has 34 heavy (non-hydrogen) atoms. The van der Waals surface area contributed by atoms with Crippen LogP contribution in [-0.4, -0.2) is 28.6 Å². The van der Waals surface area contributed by atoms with E-state index in [0.29, 0.717) is 6.61 Å². The van der Waals surface area contributed by atoms with E-state index >= 15 is 0 Å². The number of rotatable bonds is 13. The van der Waals surface area contributed by atoms with Gasteiger partial charge < -0.3 is 14.6 Å². The van der Waals surface area contributed by atoms with Crippen molar-refractivity contribution in [3.63, 3.8) is 0 Å². The van der Waals surface area contributed by atoms with Crippen LogP contribution >= 0.6 is 0 Å². The lowest BCUT2D eigenvalue weighted by Gasteiger charge is -2.17. The van der Waals surface area contributed by atoms with Gasteiger partial charge >= 0.3 is 0 Å². The summed E-state index contributed by atoms with van der Waals surface area (Å²) in [6.45, 7) is 11.9. The molecule has 0 radical (unpaired) electrons. The minimum atomic E-state index is -0.331. The van der Waals surface area contributed by atoms with Gasteiger partial charge in [0, 0.05) is 24.9 Å². The fourth-order valence-corrected chi connectivity index (χ4v) is 3.99. The van der Waals surface area contributed by atoms with Crippen LogP contribution in [-0.2, 0) is 24.2 Å². The Morgan fingerprint density at radius 2 is 1.82 bits per heavy atom. The summed E-state index contributed by atoms with van der Waals surface area (Å²) in [5.74, 6) is 2.19. The van der Waals surface area contributed by atoms with Gasteiger partial charge in [0.1, 0.15) is 11.6 Å². The van der Waals surface area contributed by atoms with Gasteiger partial charge in [-0.05, 0) is 49.4 Å². The van der Waals surface area contributed by atoms with Gasteiger partial charge in [0.05, 0.1) is 17.6 Å². The normalized spacial score (nSPS) is 11.5. The first-order chi connectivity index (χ1) is 16.4. The van der Waals surface area contributed by atoms with E-state index in [0.717, 1.165) is 68.7 Å². The average molecular weight is 462 g/mol. The van der Waals surface area contributed by atoms with E-state index in [1.165, 1.54) is 11.1 Å². The third-order valence-electron chi connectivity index (χ3n) is 5.90. The van der Waals surface area contributed by atoms with Gasteiger partial charge in [0.15, 0.2) is 0 Å². The minimum absolute atomic E-state index is 0.114. The van der Waals surface area contributed by atoms with Crippen LogP contribution in [0.4, 0.5) is 0 Å². The summed E-state index contributed by atoms with van der Waals surface area (Å²) >= 11 is 0. The quantitative estimate of drug-likeness (QED) is 0.247. The first-order valence-electron chi connectivity index (χ1n) is 12.4. The highest BCUT2D eigenvalue weighted by atomic mass is 16.5. The number of hydrogen-bond acceptors (Lipinski definition) is 3. The van der Waals surface area contributed by atoms with Crippen molar-refractivity contribution in [2.24, 2.45) is 5.41 Å². The summed E-state index contributed by atoms with van der Waals surface area (Å²) in [6, 6.07) is 16.5. The van der Waals surface area contributed by atoms with Crippen LogP contribution in [0.15, 0.2) is 61.2 Å². The molecule has 0 fully saturated rings. The van der Waals surface area contributed by atoms with E-state index in [2.05, 4.69) is 40.7 Å². The number of nitrogens with zero attached hydrogens (tertiary/aromatic N) is 2. The molecule has 0 saturated carbocycles. The Bertz CT molecular complexity index is 1080. The maximum atomic E-state index is 12.0. The lowest BCUT2D eigenvalue weighted by Crippen LogP contribution is -2.35. The molecule has 1 N–H and O–H groups in total. The number of amides is 1. The number of ether oxygens (including phenoxy) is 1. The van der Waals surface area contributed by atoms with E-state index in [1.54, 1.807) is 0 Å². The van der Waals surface area contributed by atoms with Gasteiger partial charge in [-0.1, -0.05) is 63.6 Å². The van der Waals surface area contributed by atoms with Crippen molar-refractivity contribution in [2.45, 2.75) is 65.8 Å². The van der Waals surface area contributed by atoms with Crippen molar-refractivity contribution in [3.05, 3.63) is 72.6 Å². The van der Waals surface area contributed by atoms with E-state index in [-0.39, 0.29) is 11.3 Å². The third-order valence-corrected chi connectivity index (χ3v) is 5.90. The fraction of sp³-hybridized carbons (Fsp3) is 0.448. The minimum Gasteiger partial charge on any atom is -0.493 e. The number of aryl methyl sites for hydroxylation is 2. The summed E-state index contributed by atoms with van der Waals surface area (Å²) in [4.78, 5) is 16.9. The summed E-state index contributed by atoms with van der Waals surface area (Å²) in [5.41, 5.74) is 3.07. The van der Waals surface area contributed by atoms with Gasteiger partial charge in [0.2, 0.25) is 5.91 Å². The number of hydrogen-bond donors (Lipinski definition) is 1. The summed E-state index contributed by atoms with van der Waals surface area (Å²) in [5, 5.41) is 3.03. The molecule has 0 aliphatic carbocycles. The highest BCUT2D eigenvalue weighted by molar-refractivity contribution is 5.81. The fourth-order valence-electron chi connectivity index (χ4n) is 3.99. The number of nitrogens with one attached hydrogen (secondary N) is 1. The van der Waals surface area contributed by atoms with Crippen LogP contribution in [0.2, 0.25) is 0 Å². The number of carbonyl (C=O) groups is 1. The molecule has 0 unspecified atom stereocenters. The molecule has 1 heterocycles. The Balaban J connectivity index is 1.52. The molecule has 3 rings (SSSR count). The van der Waals surface area contributed by atoms with Crippen molar-refractivity contribution in [1.82, 2.24) is 14.9 Å². The zero-order valence-electron chi connectivity index (χ0n) is 21.0. The highest BCUT2D eigenvalue weighted by Gasteiger charge is 2.20.